The Morgan fingerprint density at radius 3 is 1.33 bits per heavy atom. The van der Waals surface area contributed by atoms with Crippen LogP contribution < -0.4 is 0 Å². The van der Waals surface area contributed by atoms with Crippen LogP contribution >= 0.6 is 0 Å². The summed E-state index contributed by atoms with van der Waals surface area (Å²) in [5.74, 6) is -1.10. The first kappa shape index (κ1) is 48.3. The molecule has 6 nitrogen and oxygen atoms in total. The molecule has 292 valence electrons. The van der Waals surface area contributed by atoms with E-state index in [2.05, 4.69) is 106 Å². The predicted molar refractivity (Wildman–Crippen MR) is 219 cm³/mol. The van der Waals surface area contributed by atoms with E-state index in [0.717, 1.165) is 70.6 Å². The molecule has 0 aliphatic rings. The molecule has 1 unspecified atom stereocenters. The van der Waals surface area contributed by atoms with Crippen molar-refractivity contribution >= 4 is 17.9 Å². The Hall–Kier alpha value is -3.67. The maximum Gasteiger partial charge on any atom is 0.306 e. The van der Waals surface area contributed by atoms with Crippen LogP contribution in [0.2, 0.25) is 0 Å². The maximum atomic E-state index is 12.6. The number of hydrogen-bond donors (Lipinski definition) is 0. The molecule has 52 heavy (non-hydrogen) atoms. The number of carbonyl (C=O) groups is 3. The number of ether oxygens (including phenoxy) is 3. The molecular weight excluding hydrogens is 648 g/mol. The largest absolute Gasteiger partial charge is 0.462 e. The zero-order valence-corrected chi connectivity index (χ0v) is 33.0. The van der Waals surface area contributed by atoms with Crippen LogP contribution in [-0.4, -0.2) is 37.2 Å². The van der Waals surface area contributed by atoms with Gasteiger partial charge in [-0.15, -0.1) is 0 Å². The van der Waals surface area contributed by atoms with Gasteiger partial charge in [-0.2, -0.15) is 0 Å². The summed E-state index contributed by atoms with van der Waals surface area (Å²) in [6.45, 7) is 6.19. The fraction of sp³-hybridized carbons (Fsp3) is 0.587. The molecule has 0 radical (unpaired) electrons. The van der Waals surface area contributed by atoms with Crippen molar-refractivity contribution in [2.24, 2.45) is 0 Å². The van der Waals surface area contributed by atoms with Gasteiger partial charge in [0.2, 0.25) is 0 Å². The summed E-state index contributed by atoms with van der Waals surface area (Å²) in [6, 6.07) is 0. The van der Waals surface area contributed by atoms with Crippen molar-refractivity contribution in [1.82, 2.24) is 0 Å². The molecule has 0 saturated heterocycles. The molecule has 1 atom stereocenters. The molecule has 0 aliphatic heterocycles. The summed E-state index contributed by atoms with van der Waals surface area (Å²) in [5, 5.41) is 0. The topological polar surface area (TPSA) is 78.9 Å². The zero-order valence-electron chi connectivity index (χ0n) is 33.0. The average molecular weight is 721 g/mol. The van der Waals surface area contributed by atoms with E-state index in [-0.39, 0.29) is 50.4 Å². The maximum absolute atomic E-state index is 12.6. The van der Waals surface area contributed by atoms with Gasteiger partial charge in [0, 0.05) is 19.3 Å². The summed E-state index contributed by atoms with van der Waals surface area (Å²) < 4.78 is 16.4. The molecular formula is C46H72O6. The molecule has 0 aromatic heterocycles. The van der Waals surface area contributed by atoms with Crippen molar-refractivity contribution in [2.75, 3.05) is 13.2 Å². The van der Waals surface area contributed by atoms with Crippen LogP contribution in [0.3, 0.4) is 0 Å². The second-order valence-corrected chi connectivity index (χ2v) is 12.8. The number of rotatable bonds is 34. The van der Waals surface area contributed by atoms with Gasteiger partial charge in [-0.05, 0) is 96.3 Å². The second-order valence-electron chi connectivity index (χ2n) is 12.8. The highest BCUT2D eigenvalue weighted by atomic mass is 16.6. The quantitative estimate of drug-likeness (QED) is 0.0285. The summed E-state index contributed by atoms with van der Waals surface area (Å²) in [6.07, 6.45) is 51.4. The Bertz CT molecular complexity index is 1100. The monoisotopic (exact) mass is 721 g/mol. The lowest BCUT2D eigenvalue weighted by atomic mass is 10.1. The number of hydrogen-bond acceptors (Lipinski definition) is 6. The minimum atomic E-state index is -0.831. The SMILES string of the molecule is CC/C=C\C/C=C\C/C=C\C/C=C\C/C=C\CCC(=O)OCC(COC(=O)CCC/C=C\CCCCCC)OC(=O)CCCC/C=C\C/C=C\CC. The van der Waals surface area contributed by atoms with Crippen LogP contribution in [0.25, 0.3) is 0 Å². The van der Waals surface area contributed by atoms with Gasteiger partial charge in [0.25, 0.3) is 0 Å². The molecule has 0 amide bonds. The van der Waals surface area contributed by atoms with Crippen LogP contribution in [-0.2, 0) is 28.6 Å². The third-order valence-electron chi connectivity index (χ3n) is 7.82. The summed E-state index contributed by atoms with van der Waals surface area (Å²) in [7, 11) is 0. The minimum absolute atomic E-state index is 0.131. The predicted octanol–water partition coefficient (Wildman–Crippen LogP) is 12.7. The first-order valence-corrected chi connectivity index (χ1v) is 20.2. The summed E-state index contributed by atoms with van der Waals surface area (Å²) in [4.78, 5) is 37.4. The van der Waals surface area contributed by atoms with Crippen LogP contribution in [0.4, 0.5) is 0 Å². The lowest BCUT2D eigenvalue weighted by Crippen LogP contribution is -2.30. The lowest BCUT2D eigenvalue weighted by Gasteiger charge is -2.18. The van der Waals surface area contributed by atoms with E-state index >= 15 is 0 Å². The standard InChI is InChI=1S/C46H72O6/c1-4-7-10-13-16-19-20-21-22-23-24-25-28-30-33-36-39-45(48)51-42-43(52-46(49)40-37-34-31-27-18-15-12-9-6-3)41-50-44(47)38-35-32-29-26-17-14-11-8-5-2/h7,9-10,12,16,18-19,21-22,24-27,29-30,33,43H,4-6,8,11,13-15,17,20,23,28,31-32,34-42H2,1-3H3/b10-7-,12-9-,19-16-,22-21-,25-24-,27-18-,29-26-,33-30-. The molecule has 0 aliphatic carbocycles. The molecule has 0 aromatic carbocycles. The third kappa shape index (κ3) is 37.6. The Morgan fingerprint density at radius 1 is 0.404 bits per heavy atom. The molecule has 0 saturated carbocycles. The van der Waals surface area contributed by atoms with E-state index in [1.54, 1.807) is 0 Å². The van der Waals surface area contributed by atoms with Crippen LogP contribution in [0.5, 0.6) is 0 Å². The highest BCUT2D eigenvalue weighted by Crippen LogP contribution is 2.09. The van der Waals surface area contributed by atoms with Crippen LogP contribution in [0.1, 0.15) is 156 Å². The van der Waals surface area contributed by atoms with Gasteiger partial charge in [0.1, 0.15) is 13.2 Å². The molecule has 6 heteroatoms. The Balaban J connectivity index is 4.55. The molecule has 0 N–H and O–H groups in total. The summed E-state index contributed by atoms with van der Waals surface area (Å²) in [5.41, 5.74) is 0. The van der Waals surface area contributed by atoms with E-state index in [1.807, 2.05) is 12.2 Å². The van der Waals surface area contributed by atoms with Crippen LogP contribution in [0, 0.1) is 0 Å². The first-order valence-electron chi connectivity index (χ1n) is 20.2. The second kappa shape index (κ2) is 40.1. The average Bonchev–Trinajstić information content (AvgIpc) is 3.14. The molecule has 0 spiro atoms. The van der Waals surface area contributed by atoms with Crippen molar-refractivity contribution < 1.29 is 28.6 Å². The van der Waals surface area contributed by atoms with Crippen molar-refractivity contribution in [3.8, 4) is 0 Å². The Kier molecular flexibility index (Phi) is 37.3. The summed E-state index contributed by atoms with van der Waals surface area (Å²) >= 11 is 0. The van der Waals surface area contributed by atoms with Crippen molar-refractivity contribution in [1.29, 1.82) is 0 Å². The molecule has 0 fully saturated rings. The van der Waals surface area contributed by atoms with E-state index in [1.165, 1.54) is 25.7 Å². The van der Waals surface area contributed by atoms with Crippen molar-refractivity contribution in [3.05, 3.63) is 97.2 Å². The zero-order chi connectivity index (χ0) is 38.0. The third-order valence-corrected chi connectivity index (χ3v) is 7.82. The van der Waals surface area contributed by atoms with Gasteiger partial charge in [0.05, 0.1) is 0 Å². The molecule has 0 bridgehead atoms. The van der Waals surface area contributed by atoms with Crippen molar-refractivity contribution in [2.45, 2.75) is 162 Å². The number of esters is 3. The van der Waals surface area contributed by atoms with Gasteiger partial charge in [-0.3, -0.25) is 14.4 Å². The highest BCUT2D eigenvalue weighted by Gasteiger charge is 2.19. The van der Waals surface area contributed by atoms with Crippen LogP contribution in [0.15, 0.2) is 97.2 Å². The molecule has 0 rings (SSSR count). The Labute approximate surface area is 317 Å². The van der Waals surface area contributed by atoms with E-state index in [4.69, 9.17) is 14.2 Å². The normalized spacial score (nSPS) is 13.1. The van der Waals surface area contributed by atoms with Gasteiger partial charge >= 0.3 is 17.9 Å². The van der Waals surface area contributed by atoms with E-state index in [0.29, 0.717) is 19.3 Å². The smallest absolute Gasteiger partial charge is 0.306 e. The highest BCUT2D eigenvalue weighted by molar-refractivity contribution is 5.71. The molecule has 0 aromatic rings. The number of allylic oxidation sites excluding steroid dienone is 16. The lowest BCUT2D eigenvalue weighted by molar-refractivity contribution is -0.166. The van der Waals surface area contributed by atoms with E-state index in [9.17, 15) is 14.4 Å². The number of unbranched alkanes of at least 4 members (excludes halogenated alkanes) is 7. The van der Waals surface area contributed by atoms with Gasteiger partial charge in [0.15, 0.2) is 6.10 Å². The number of carbonyl (C=O) groups excluding carboxylic acids is 3. The molecule has 0 heterocycles. The fourth-order valence-corrected chi connectivity index (χ4v) is 4.82. The fourth-order valence-electron chi connectivity index (χ4n) is 4.82. The minimum Gasteiger partial charge on any atom is -0.462 e. The first-order chi connectivity index (χ1) is 25.5. The van der Waals surface area contributed by atoms with Gasteiger partial charge in [-0.1, -0.05) is 137 Å². The van der Waals surface area contributed by atoms with Crippen molar-refractivity contribution in [3.63, 3.8) is 0 Å². The Morgan fingerprint density at radius 2 is 0.808 bits per heavy atom. The van der Waals surface area contributed by atoms with Gasteiger partial charge in [-0.25, -0.2) is 0 Å². The van der Waals surface area contributed by atoms with E-state index < -0.39 is 6.10 Å². The van der Waals surface area contributed by atoms with Gasteiger partial charge < -0.3 is 14.2 Å².